The second-order valence-corrected chi connectivity index (χ2v) is 7.05. The molecule has 0 spiro atoms. The second-order valence-electron chi connectivity index (χ2n) is 5.10. The molecule has 1 aromatic heterocycles. The molecule has 0 N–H and O–H groups in total. The first-order valence-corrected chi connectivity index (χ1v) is 8.34. The fraction of sp³-hybridized carbons (Fsp3) is 0.0667. The van der Waals surface area contributed by atoms with Crippen LogP contribution in [0.4, 0.5) is 36.1 Å². The van der Waals surface area contributed by atoms with Crippen molar-refractivity contribution in [3.8, 4) is 10.4 Å². The summed E-state index contributed by atoms with van der Waals surface area (Å²) in [6.07, 6.45) is 0. The van der Waals surface area contributed by atoms with Gasteiger partial charge in [0.25, 0.3) is 5.69 Å². The number of hydrogen-bond donors (Lipinski definition) is 0. The summed E-state index contributed by atoms with van der Waals surface area (Å²) in [5, 5.41) is 11.2. The predicted octanol–water partition coefficient (Wildman–Crippen LogP) is 6.94. The zero-order valence-electron chi connectivity index (χ0n) is 13.1. The first-order valence-electron chi connectivity index (χ1n) is 7.12. The van der Waals surface area contributed by atoms with Gasteiger partial charge in [0.1, 0.15) is 10.5 Å². The van der Waals surface area contributed by atoms with Crippen LogP contribution in [0.3, 0.4) is 0 Å². The first kappa shape index (κ1) is 20.7. The summed E-state index contributed by atoms with van der Waals surface area (Å²) in [6.45, 7) is 0. The SMILES string of the molecule is F[B-](F)(F)F.O=[N+]([O-])c1ccc(-c2cc3ccccc3[s+]2C(F)(F)F)cc1. The van der Waals surface area contributed by atoms with E-state index in [1.807, 2.05) is 0 Å². The molecule has 1 unspecified atom stereocenters. The van der Waals surface area contributed by atoms with Crippen molar-refractivity contribution in [3.63, 3.8) is 0 Å². The highest BCUT2D eigenvalue weighted by atomic mass is 32.2. The smallest absolute Gasteiger partial charge is 0.418 e. The number of nitrogens with zero attached hydrogens (tertiary/aromatic N) is 1. The summed E-state index contributed by atoms with van der Waals surface area (Å²) < 4.78 is 79.6. The molecule has 0 radical (unpaired) electrons. The van der Waals surface area contributed by atoms with Crippen LogP contribution >= 0.6 is 10.5 Å². The van der Waals surface area contributed by atoms with Gasteiger partial charge in [-0.25, -0.2) is 0 Å². The molecule has 0 aliphatic rings. The maximum absolute atomic E-state index is 13.4. The van der Waals surface area contributed by atoms with Crippen LogP contribution in [0.25, 0.3) is 20.5 Å². The molecule has 27 heavy (non-hydrogen) atoms. The number of nitro groups is 1. The van der Waals surface area contributed by atoms with Gasteiger partial charge in [-0.15, -0.1) is 13.2 Å². The summed E-state index contributed by atoms with van der Waals surface area (Å²) >= 11 is 0. The molecule has 0 aliphatic carbocycles. The molecule has 0 fully saturated rings. The lowest BCUT2D eigenvalue weighted by atomic mass is 10.1. The molecule has 1 heterocycles. The van der Waals surface area contributed by atoms with Crippen molar-refractivity contribution in [2.24, 2.45) is 0 Å². The van der Waals surface area contributed by atoms with Crippen molar-refractivity contribution in [1.82, 2.24) is 0 Å². The van der Waals surface area contributed by atoms with E-state index in [2.05, 4.69) is 0 Å². The molecule has 0 bridgehead atoms. The number of hydrogen-bond acceptors (Lipinski definition) is 2. The van der Waals surface area contributed by atoms with Crippen LogP contribution in [0.15, 0.2) is 54.6 Å². The average Bonchev–Trinajstić information content (AvgIpc) is 2.93. The number of alkyl halides is 3. The summed E-state index contributed by atoms with van der Waals surface area (Å²) in [4.78, 5) is 10.2. The maximum Gasteiger partial charge on any atom is 0.673 e. The molecule has 0 saturated heterocycles. The fourth-order valence-electron chi connectivity index (χ4n) is 2.30. The molecule has 1 atom stereocenters. The number of non-ortho nitro benzene ring substituents is 1. The van der Waals surface area contributed by atoms with E-state index in [9.17, 15) is 40.5 Å². The highest BCUT2D eigenvalue weighted by Crippen LogP contribution is 2.54. The van der Waals surface area contributed by atoms with Crippen molar-refractivity contribution >= 4 is 33.5 Å². The molecule has 2 aromatic carbocycles. The number of nitro benzene ring substituents is 1. The molecule has 3 nitrogen and oxygen atoms in total. The minimum atomic E-state index is -6.00. The van der Waals surface area contributed by atoms with E-state index in [-0.39, 0.29) is 15.3 Å². The third-order valence-corrected chi connectivity index (χ3v) is 5.31. The van der Waals surface area contributed by atoms with Gasteiger partial charge in [-0.2, -0.15) is 0 Å². The van der Waals surface area contributed by atoms with E-state index in [1.54, 1.807) is 18.2 Å². The molecular formula is C15H9BF7NO2S. The van der Waals surface area contributed by atoms with Gasteiger partial charge in [0, 0.05) is 29.1 Å². The summed E-state index contributed by atoms with van der Waals surface area (Å²) in [5.41, 5.74) is -4.19. The minimum absolute atomic E-state index is 0.142. The Hall–Kier alpha value is -2.63. The Morgan fingerprint density at radius 1 is 0.926 bits per heavy atom. The van der Waals surface area contributed by atoms with Crippen molar-refractivity contribution in [2.45, 2.75) is 5.51 Å². The van der Waals surface area contributed by atoms with Gasteiger partial charge in [-0.3, -0.25) is 10.1 Å². The predicted molar refractivity (Wildman–Crippen MR) is 90.0 cm³/mol. The highest BCUT2D eigenvalue weighted by molar-refractivity contribution is 7.41. The third kappa shape index (κ3) is 5.42. The van der Waals surface area contributed by atoms with Gasteiger partial charge < -0.3 is 17.3 Å². The fourth-order valence-corrected chi connectivity index (χ4v) is 4.23. The topological polar surface area (TPSA) is 43.1 Å². The maximum atomic E-state index is 13.4. The van der Waals surface area contributed by atoms with E-state index in [0.717, 1.165) is 0 Å². The number of fused-ring (bicyclic) bond motifs is 1. The number of rotatable bonds is 2. The summed E-state index contributed by atoms with van der Waals surface area (Å²) in [5.74, 6) is 0. The van der Waals surface area contributed by atoms with Gasteiger partial charge >= 0.3 is 12.8 Å². The molecule has 3 rings (SSSR count). The number of benzene rings is 2. The van der Waals surface area contributed by atoms with Gasteiger partial charge in [-0.05, 0) is 24.3 Å². The molecule has 144 valence electrons. The van der Waals surface area contributed by atoms with Crippen LogP contribution in [-0.4, -0.2) is 12.2 Å². The lowest BCUT2D eigenvalue weighted by molar-refractivity contribution is -0.384. The Morgan fingerprint density at radius 3 is 1.93 bits per heavy atom. The summed E-state index contributed by atoms with van der Waals surface area (Å²) in [6, 6.07) is 13.0. The van der Waals surface area contributed by atoms with Gasteiger partial charge in [0.2, 0.25) is 0 Å². The molecule has 3 aromatic rings. The Kier molecular flexibility index (Phi) is 5.78. The van der Waals surface area contributed by atoms with Crippen LogP contribution in [0.5, 0.6) is 0 Å². The Balaban J connectivity index is 0.000000465. The monoisotopic (exact) mass is 411 g/mol. The van der Waals surface area contributed by atoms with Crippen LogP contribution in [0.2, 0.25) is 0 Å². The van der Waals surface area contributed by atoms with E-state index >= 15 is 0 Å². The van der Waals surface area contributed by atoms with Crippen LogP contribution in [-0.2, 0) is 5.51 Å². The molecule has 0 saturated carbocycles. The van der Waals surface area contributed by atoms with Gasteiger partial charge in [0.05, 0.1) is 4.92 Å². The zero-order chi connectivity index (χ0) is 20.4. The minimum Gasteiger partial charge on any atom is -0.418 e. The number of thiophene rings is 1. The van der Waals surface area contributed by atoms with E-state index in [0.29, 0.717) is 10.9 Å². The second kappa shape index (κ2) is 7.55. The van der Waals surface area contributed by atoms with Gasteiger partial charge in [0.15, 0.2) is 9.58 Å². The van der Waals surface area contributed by atoms with Crippen LogP contribution in [0.1, 0.15) is 0 Å². The molecule has 0 aliphatic heterocycles. The van der Waals surface area contributed by atoms with Gasteiger partial charge in [-0.1, -0.05) is 12.1 Å². The Morgan fingerprint density at radius 2 is 1.44 bits per heavy atom. The van der Waals surface area contributed by atoms with E-state index in [1.165, 1.54) is 36.4 Å². The van der Waals surface area contributed by atoms with Crippen LogP contribution < -0.4 is 0 Å². The largest absolute Gasteiger partial charge is 0.673 e. The summed E-state index contributed by atoms with van der Waals surface area (Å²) in [7, 11) is -8.03. The Labute approximate surface area is 150 Å². The normalized spacial score (nSPS) is 12.5. The van der Waals surface area contributed by atoms with E-state index < -0.39 is 28.2 Å². The van der Waals surface area contributed by atoms with Crippen LogP contribution in [0, 0.1) is 10.1 Å². The van der Waals surface area contributed by atoms with Crippen molar-refractivity contribution in [2.75, 3.05) is 0 Å². The molecule has 0 amide bonds. The number of halogens is 7. The van der Waals surface area contributed by atoms with E-state index in [4.69, 9.17) is 0 Å². The standard InChI is InChI=1S/C15H9F3NO2S.BF4/c16-15(17,18)22-13-4-2-1-3-11(13)9-14(22)10-5-7-12(8-6-10)19(20)21;2-1(3,4)5/h1-9H;/q+1;-1. The van der Waals surface area contributed by atoms with Crippen molar-refractivity contribution < 1.29 is 35.4 Å². The van der Waals surface area contributed by atoms with Crippen molar-refractivity contribution in [3.05, 3.63) is 64.7 Å². The highest BCUT2D eigenvalue weighted by Gasteiger charge is 2.48. The zero-order valence-corrected chi connectivity index (χ0v) is 13.9. The molecule has 12 heteroatoms. The molecular weight excluding hydrogens is 402 g/mol. The third-order valence-electron chi connectivity index (χ3n) is 3.24. The quantitative estimate of drug-likeness (QED) is 0.151. The first-order chi connectivity index (χ1) is 12.4. The lowest BCUT2D eigenvalue weighted by Crippen LogP contribution is -2.02. The lowest BCUT2D eigenvalue weighted by Gasteiger charge is -2.00. The average molecular weight is 411 g/mol. The Bertz CT molecular complexity index is 945. The van der Waals surface area contributed by atoms with Crippen molar-refractivity contribution in [1.29, 1.82) is 0 Å².